The van der Waals surface area contributed by atoms with Crippen molar-refractivity contribution in [2.45, 2.75) is 18.8 Å². The summed E-state index contributed by atoms with van der Waals surface area (Å²) >= 11 is 3.36. The molecule has 0 saturated carbocycles. The summed E-state index contributed by atoms with van der Waals surface area (Å²) < 4.78 is 37.3. The van der Waals surface area contributed by atoms with Crippen molar-refractivity contribution in [1.29, 1.82) is 0 Å². The summed E-state index contributed by atoms with van der Waals surface area (Å²) in [5, 5.41) is 10.2. The van der Waals surface area contributed by atoms with E-state index >= 15 is 4.39 Å². The van der Waals surface area contributed by atoms with Crippen LogP contribution in [0.4, 0.5) is 14.5 Å². The summed E-state index contributed by atoms with van der Waals surface area (Å²) in [4.78, 5) is 16.7. The van der Waals surface area contributed by atoms with Crippen LogP contribution in [0.2, 0.25) is 0 Å². The third kappa shape index (κ3) is 4.18. The van der Waals surface area contributed by atoms with E-state index in [0.29, 0.717) is 5.69 Å². The van der Waals surface area contributed by atoms with Gasteiger partial charge in [0.25, 0.3) is 5.91 Å². The fourth-order valence-corrected chi connectivity index (χ4v) is 3.71. The maximum Gasteiger partial charge on any atom is 0.277 e. The Balaban J connectivity index is 1.75. The largest absolute Gasteiger partial charge is 0.364 e. The second-order valence-corrected chi connectivity index (χ2v) is 8.42. The van der Waals surface area contributed by atoms with Crippen LogP contribution >= 0.6 is 15.9 Å². The lowest BCUT2D eigenvalue weighted by Gasteiger charge is -2.29. The van der Waals surface area contributed by atoms with Gasteiger partial charge in [0.1, 0.15) is 12.1 Å². The zero-order valence-corrected chi connectivity index (χ0v) is 18.7. The number of nitrogens with one attached hydrogen (secondary N) is 1. The topological polar surface area (TPSA) is 85.8 Å². The average molecular weight is 502 g/mol. The Kier molecular flexibility index (Phi) is 5.88. The first-order chi connectivity index (χ1) is 15.3. The predicted octanol–water partition coefficient (Wildman–Crippen LogP) is 4.64. The number of pyridine rings is 1. The molecule has 0 aliphatic heterocycles. The van der Waals surface area contributed by atoms with Gasteiger partial charge in [-0.05, 0) is 53.5 Å². The standard InChI is InChI=1S/C22H18BrF2N5O2/c1-22(13-10-27-30(2)12-13,19-6-3-14(23)11-26-19)9-15-16(24)4-5-17(20(15)25)28-21(31)18-7-8-32-29-18/h3-8,10-12H,9H2,1-2H3,(H,28,31). The zero-order chi connectivity index (χ0) is 22.9. The first-order valence-corrected chi connectivity index (χ1v) is 10.4. The lowest BCUT2D eigenvalue weighted by Crippen LogP contribution is -2.29. The monoisotopic (exact) mass is 501 g/mol. The van der Waals surface area contributed by atoms with Crippen LogP contribution in [-0.4, -0.2) is 25.8 Å². The summed E-state index contributed by atoms with van der Waals surface area (Å²) in [5.41, 5.74) is 0.0984. The Bertz CT molecular complexity index is 1260. The van der Waals surface area contributed by atoms with E-state index in [2.05, 4.69) is 41.0 Å². The number of rotatable bonds is 6. The molecule has 0 spiro atoms. The number of benzene rings is 1. The number of aromatic nitrogens is 4. The Morgan fingerprint density at radius 3 is 2.66 bits per heavy atom. The van der Waals surface area contributed by atoms with Crippen molar-refractivity contribution in [2.24, 2.45) is 7.05 Å². The molecule has 1 N–H and O–H groups in total. The van der Waals surface area contributed by atoms with Gasteiger partial charge >= 0.3 is 0 Å². The third-order valence-electron chi connectivity index (χ3n) is 5.27. The molecule has 0 bridgehead atoms. The Labute approximate surface area is 190 Å². The van der Waals surface area contributed by atoms with E-state index in [1.54, 1.807) is 36.4 Å². The van der Waals surface area contributed by atoms with Gasteiger partial charge in [-0.15, -0.1) is 0 Å². The van der Waals surface area contributed by atoms with Crippen LogP contribution in [0.3, 0.4) is 0 Å². The predicted molar refractivity (Wildman–Crippen MR) is 116 cm³/mol. The van der Waals surface area contributed by atoms with Gasteiger partial charge in [-0.3, -0.25) is 14.5 Å². The molecule has 3 aromatic heterocycles. The van der Waals surface area contributed by atoms with E-state index < -0.39 is 23.0 Å². The van der Waals surface area contributed by atoms with Crippen LogP contribution < -0.4 is 5.32 Å². The van der Waals surface area contributed by atoms with Gasteiger partial charge in [0, 0.05) is 46.5 Å². The molecule has 1 atom stereocenters. The molecule has 3 heterocycles. The number of amides is 1. The molecule has 4 rings (SSSR count). The van der Waals surface area contributed by atoms with Crippen molar-refractivity contribution in [3.05, 3.63) is 93.8 Å². The fraction of sp³-hybridized carbons (Fsp3) is 0.182. The number of nitrogens with zero attached hydrogens (tertiary/aromatic N) is 4. The number of hydrogen-bond donors (Lipinski definition) is 1. The maximum absolute atomic E-state index is 15.4. The highest BCUT2D eigenvalue weighted by atomic mass is 79.9. The highest BCUT2D eigenvalue weighted by molar-refractivity contribution is 9.10. The lowest BCUT2D eigenvalue weighted by atomic mass is 9.75. The van der Waals surface area contributed by atoms with Crippen LogP contribution in [-0.2, 0) is 18.9 Å². The molecule has 1 unspecified atom stereocenters. The molecule has 0 radical (unpaired) electrons. The van der Waals surface area contributed by atoms with E-state index in [9.17, 15) is 9.18 Å². The number of carbonyl (C=O) groups is 1. The Morgan fingerprint density at radius 1 is 1.22 bits per heavy atom. The molecule has 32 heavy (non-hydrogen) atoms. The molecule has 4 aromatic rings. The first-order valence-electron chi connectivity index (χ1n) is 9.57. The molecular weight excluding hydrogens is 484 g/mol. The number of aryl methyl sites for hydroxylation is 1. The van der Waals surface area contributed by atoms with Gasteiger partial charge in [-0.2, -0.15) is 5.10 Å². The normalized spacial score (nSPS) is 13.0. The molecule has 10 heteroatoms. The second-order valence-electron chi connectivity index (χ2n) is 7.50. The van der Waals surface area contributed by atoms with E-state index in [4.69, 9.17) is 0 Å². The minimum atomic E-state index is -0.897. The van der Waals surface area contributed by atoms with Crippen molar-refractivity contribution < 1.29 is 18.1 Å². The van der Waals surface area contributed by atoms with Crippen LogP contribution in [0.5, 0.6) is 0 Å². The van der Waals surface area contributed by atoms with E-state index in [0.717, 1.165) is 16.1 Å². The van der Waals surface area contributed by atoms with Gasteiger partial charge in [-0.25, -0.2) is 8.78 Å². The van der Waals surface area contributed by atoms with Gasteiger partial charge < -0.3 is 9.84 Å². The SMILES string of the molecule is Cn1cc(C(C)(Cc2c(F)ccc(NC(=O)c3ccon3)c2F)c2ccc(Br)cn2)cn1. The zero-order valence-electron chi connectivity index (χ0n) is 17.1. The average Bonchev–Trinajstić information content (AvgIpc) is 3.46. The molecule has 164 valence electrons. The summed E-state index contributed by atoms with van der Waals surface area (Å²) in [6, 6.07) is 7.25. The van der Waals surface area contributed by atoms with Crippen molar-refractivity contribution in [3.63, 3.8) is 0 Å². The number of anilines is 1. The molecular formula is C22H18BrF2N5O2. The van der Waals surface area contributed by atoms with Gasteiger partial charge in [0.2, 0.25) is 0 Å². The Hall–Kier alpha value is -3.40. The summed E-state index contributed by atoms with van der Waals surface area (Å²) in [7, 11) is 1.76. The van der Waals surface area contributed by atoms with Crippen molar-refractivity contribution in [1.82, 2.24) is 19.9 Å². The number of hydrogen-bond acceptors (Lipinski definition) is 5. The molecule has 0 aliphatic carbocycles. The van der Waals surface area contributed by atoms with Gasteiger partial charge in [0.05, 0.1) is 17.6 Å². The van der Waals surface area contributed by atoms with Crippen LogP contribution in [0.1, 0.15) is 34.2 Å². The van der Waals surface area contributed by atoms with Crippen LogP contribution in [0.25, 0.3) is 0 Å². The molecule has 0 fully saturated rings. The Morgan fingerprint density at radius 2 is 2.03 bits per heavy atom. The lowest BCUT2D eigenvalue weighted by molar-refractivity contribution is 0.101. The smallest absolute Gasteiger partial charge is 0.277 e. The highest BCUT2D eigenvalue weighted by Gasteiger charge is 2.35. The molecule has 1 aromatic carbocycles. The minimum absolute atomic E-state index is 0.0189. The summed E-state index contributed by atoms with van der Waals surface area (Å²) in [6.07, 6.45) is 6.24. The van der Waals surface area contributed by atoms with E-state index in [-0.39, 0.29) is 23.4 Å². The minimum Gasteiger partial charge on any atom is -0.364 e. The fourth-order valence-electron chi connectivity index (χ4n) is 3.47. The maximum atomic E-state index is 15.4. The van der Waals surface area contributed by atoms with Crippen molar-refractivity contribution in [2.75, 3.05) is 5.32 Å². The van der Waals surface area contributed by atoms with E-state index in [1.807, 2.05) is 13.0 Å². The molecule has 1 amide bonds. The van der Waals surface area contributed by atoms with Crippen LogP contribution in [0, 0.1) is 11.6 Å². The molecule has 7 nitrogen and oxygen atoms in total. The van der Waals surface area contributed by atoms with Crippen molar-refractivity contribution >= 4 is 27.5 Å². The quantitative estimate of drug-likeness (QED) is 0.415. The number of halogens is 3. The second kappa shape index (κ2) is 8.62. The summed E-state index contributed by atoms with van der Waals surface area (Å²) in [5.74, 6) is -2.26. The number of carbonyl (C=O) groups excluding carboxylic acids is 1. The molecule has 0 aliphatic rings. The van der Waals surface area contributed by atoms with Crippen LogP contribution in [0.15, 0.2) is 64.2 Å². The first kappa shape index (κ1) is 21.8. The third-order valence-corrected chi connectivity index (χ3v) is 5.74. The van der Waals surface area contributed by atoms with Crippen molar-refractivity contribution in [3.8, 4) is 0 Å². The highest BCUT2D eigenvalue weighted by Crippen LogP contribution is 2.37. The van der Waals surface area contributed by atoms with Gasteiger partial charge in [-0.1, -0.05) is 5.16 Å². The molecule has 0 saturated heterocycles. The summed E-state index contributed by atoms with van der Waals surface area (Å²) in [6.45, 7) is 1.85. The van der Waals surface area contributed by atoms with Gasteiger partial charge in [0.15, 0.2) is 11.5 Å². The van der Waals surface area contributed by atoms with E-state index in [1.165, 1.54) is 18.4 Å².